The molecule has 0 saturated carbocycles. The van der Waals surface area contributed by atoms with E-state index in [1.54, 1.807) is 13.2 Å². The third-order valence-corrected chi connectivity index (χ3v) is 2.13. The molecule has 0 amide bonds. The molecule has 0 fully saturated rings. The van der Waals surface area contributed by atoms with Gasteiger partial charge in [0.05, 0.1) is 16.3 Å². The lowest BCUT2D eigenvalue weighted by Gasteiger charge is -2.06. The Labute approximate surface area is 98.1 Å². The summed E-state index contributed by atoms with van der Waals surface area (Å²) in [4.78, 5) is 4.01. The number of nitriles is 1. The van der Waals surface area contributed by atoms with Crippen molar-refractivity contribution in [1.29, 1.82) is 10.7 Å². The Bertz CT molecular complexity index is 487. The van der Waals surface area contributed by atoms with Crippen LogP contribution in [0.25, 0.3) is 5.57 Å². The van der Waals surface area contributed by atoms with Gasteiger partial charge < -0.3 is 16.5 Å². The first-order valence-corrected chi connectivity index (χ1v) is 4.76. The van der Waals surface area contributed by atoms with E-state index >= 15 is 0 Å². The molecule has 0 unspecified atom stereocenters. The van der Waals surface area contributed by atoms with Gasteiger partial charge in [-0.25, -0.2) is 4.98 Å². The summed E-state index contributed by atoms with van der Waals surface area (Å²) in [6, 6.07) is 3.35. The molecular weight excluding hydrogens is 226 g/mol. The van der Waals surface area contributed by atoms with Crippen LogP contribution in [0.3, 0.4) is 0 Å². The van der Waals surface area contributed by atoms with Gasteiger partial charge in [-0.3, -0.25) is 0 Å². The highest BCUT2D eigenvalue weighted by Crippen LogP contribution is 2.24. The highest BCUT2D eigenvalue weighted by molar-refractivity contribution is 6.32. The first-order valence-electron chi connectivity index (χ1n) is 4.38. The molecule has 0 aliphatic carbocycles. The molecule has 4 N–H and O–H groups in total. The minimum absolute atomic E-state index is 0.209. The molecule has 5 nitrogen and oxygen atoms in total. The average molecular weight is 236 g/mol. The number of nitrogen functional groups attached to an aromatic ring is 1. The van der Waals surface area contributed by atoms with Crippen LogP contribution in [0.5, 0.6) is 0 Å². The van der Waals surface area contributed by atoms with Crippen molar-refractivity contribution in [2.45, 2.75) is 0 Å². The molecule has 1 heterocycles. The highest BCUT2D eigenvalue weighted by Gasteiger charge is 2.12. The number of nitrogens with zero attached hydrogens (tertiary/aromatic N) is 2. The second kappa shape index (κ2) is 5.14. The predicted octanol–water partition coefficient (Wildman–Crippen LogP) is 1.40. The summed E-state index contributed by atoms with van der Waals surface area (Å²) in [6.07, 6.45) is 2.63. The minimum Gasteiger partial charge on any atom is -0.393 e. The average Bonchev–Trinajstić information content (AvgIpc) is 2.25. The van der Waals surface area contributed by atoms with Gasteiger partial charge in [-0.2, -0.15) is 5.26 Å². The van der Waals surface area contributed by atoms with Gasteiger partial charge >= 0.3 is 0 Å². The lowest BCUT2D eigenvalue weighted by Crippen LogP contribution is -2.04. The molecule has 6 heteroatoms. The number of allylic oxidation sites excluding steroid dienone is 1. The molecular formula is C10H10ClN5. The van der Waals surface area contributed by atoms with Crippen LogP contribution in [0.2, 0.25) is 5.02 Å². The Morgan fingerprint density at radius 2 is 2.44 bits per heavy atom. The summed E-state index contributed by atoms with van der Waals surface area (Å²) in [5, 5.41) is 19.2. The predicted molar refractivity (Wildman–Crippen MR) is 64.2 cm³/mol. The second-order valence-electron chi connectivity index (χ2n) is 2.90. The van der Waals surface area contributed by atoms with Crippen molar-refractivity contribution in [3.63, 3.8) is 0 Å². The Kier molecular flexibility index (Phi) is 3.86. The summed E-state index contributed by atoms with van der Waals surface area (Å²) >= 11 is 5.87. The summed E-state index contributed by atoms with van der Waals surface area (Å²) in [6.45, 7) is 0. The van der Waals surface area contributed by atoms with Crippen molar-refractivity contribution in [1.82, 2.24) is 10.3 Å². The van der Waals surface area contributed by atoms with Gasteiger partial charge in [-0.15, -0.1) is 0 Å². The molecule has 1 aromatic rings. The van der Waals surface area contributed by atoms with Gasteiger partial charge in [0, 0.05) is 31.1 Å². The van der Waals surface area contributed by atoms with Gasteiger partial charge in [0.15, 0.2) is 0 Å². The van der Waals surface area contributed by atoms with E-state index in [2.05, 4.69) is 10.3 Å². The van der Waals surface area contributed by atoms with Gasteiger partial charge in [0.1, 0.15) is 11.9 Å². The van der Waals surface area contributed by atoms with E-state index in [0.29, 0.717) is 11.3 Å². The summed E-state index contributed by atoms with van der Waals surface area (Å²) < 4.78 is 0. The largest absolute Gasteiger partial charge is 0.393 e. The lowest BCUT2D eigenvalue weighted by molar-refractivity contribution is 1.10. The first-order chi connectivity index (χ1) is 7.63. The van der Waals surface area contributed by atoms with Crippen molar-refractivity contribution in [2.24, 2.45) is 0 Å². The minimum atomic E-state index is 0.209. The number of nitrogens with one attached hydrogen (secondary N) is 2. The highest BCUT2D eigenvalue weighted by atomic mass is 35.5. The number of nitrogens with two attached hydrogens (primary N) is 1. The van der Waals surface area contributed by atoms with E-state index in [-0.39, 0.29) is 16.4 Å². The zero-order valence-electron chi connectivity index (χ0n) is 8.58. The fraction of sp³-hybridized carbons (Fsp3) is 0.100. The van der Waals surface area contributed by atoms with Crippen LogP contribution in [0.4, 0.5) is 5.82 Å². The van der Waals surface area contributed by atoms with E-state index in [0.717, 1.165) is 6.21 Å². The number of halogens is 1. The smallest absolute Gasteiger partial charge is 0.125 e. The van der Waals surface area contributed by atoms with Gasteiger partial charge in [-0.05, 0) is 0 Å². The maximum atomic E-state index is 8.96. The van der Waals surface area contributed by atoms with Crippen LogP contribution in [-0.4, -0.2) is 18.2 Å². The molecule has 0 aliphatic heterocycles. The number of anilines is 1. The fourth-order valence-electron chi connectivity index (χ4n) is 1.18. The van der Waals surface area contributed by atoms with Crippen molar-refractivity contribution < 1.29 is 0 Å². The number of pyridine rings is 1. The molecule has 0 saturated heterocycles. The summed E-state index contributed by atoms with van der Waals surface area (Å²) in [7, 11) is 1.68. The quantitative estimate of drug-likeness (QED) is 0.690. The van der Waals surface area contributed by atoms with Crippen LogP contribution in [0.15, 0.2) is 12.3 Å². The van der Waals surface area contributed by atoms with E-state index in [1.807, 2.05) is 6.07 Å². The monoisotopic (exact) mass is 235 g/mol. The third kappa shape index (κ3) is 2.30. The van der Waals surface area contributed by atoms with E-state index in [4.69, 9.17) is 28.0 Å². The molecule has 0 aliphatic rings. The van der Waals surface area contributed by atoms with Gasteiger partial charge in [0.25, 0.3) is 0 Å². The SMILES string of the molecule is CN/C=C(\C=N)c1nc(N)cc(Cl)c1C#N. The molecule has 82 valence electrons. The molecule has 1 rings (SSSR count). The lowest BCUT2D eigenvalue weighted by atomic mass is 10.1. The maximum absolute atomic E-state index is 8.96. The van der Waals surface area contributed by atoms with E-state index in [9.17, 15) is 0 Å². The zero-order chi connectivity index (χ0) is 12.1. The normalized spacial score (nSPS) is 10.7. The molecule has 16 heavy (non-hydrogen) atoms. The molecule has 0 bridgehead atoms. The Hall–Kier alpha value is -2.06. The topological polar surface area (TPSA) is 98.6 Å². The third-order valence-electron chi connectivity index (χ3n) is 1.83. The Morgan fingerprint density at radius 3 is 2.94 bits per heavy atom. The number of hydrogen-bond donors (Lipinski definition) is 3. The van der Waals surface area contributed by atoms with Gasteiger partial charge in [-0.1, -0.05) is 11.6 Å². The number of rotatable bonds is 3. The molecule has 0 aromatic carbocycles. The van der Waals surface area contributed by atoms with Crippen LogP contribution in [0, 0.1) is 16.7 Å². The van der Waals surface area contributed by atoms with Gasteiger partial charge in [0.2, 0.25) is 0 Å². The molecule has 1 aromatic heterocycles. The van der Waals surface area contributed by atoms with E-state index < -0.39 is 0 Å². The first kappa shape index (κ1) is 12.0. The van der Waals surface area contributed by atoms with Crippen molar-refractivity contribution in [2.75, 3.05) is 12.8 Å². The second-order valence-corrected chi connectivity index (χ2v) is 3.30. The Balaban J connectivity index is 3.48. The van der Waals surface area contributed by atoms with Crippen LogP contribution in [-0.2, 0) is 0 Å². The molecule has 0 atom stereocenters. The van der Waals surface area contributed by atoms with E-state index in [1.165, 1.54) is 6.07 Å². The summed E-state index contributed by atoms with van der Waals surface area (Å²) in [5.74, 6) is 0.211. The number of hydrogen-bond acceptors (Lipinski definition) is 5. The fourth-order valence-corrected chi connectivity index (χ4v) is 1.43. The zero-order valence-corrected chi connectivity index (χ0v) is 9.34. The molecule has 0 radical (unpaired) electrons. The van der Waals surface area contributed by atoms with Crippen LogP contribution in [0.1, 0.15) is 11.3 Å². The Morgan fingerprint density at radius 1 is 1.75 bits per heavy atom. The summed E-state index contributed by atoms with van der Waals surface area (Å²) in [5.41, 5.74) is 6.49. The van der Waals surface area contributed by atoms with Crippen molar-refractivity contribution >= 4 is 29.2 Å². The molecule has 0 spiro atoms. The van der Waals surface area contributed by atoms with Crippen molar-refractivity contribution in [3.05, 3.63) is 28.5 Å². The number of aromatic nitrogens is 1. The van der Waals surface area contributed by atoms with Crippen LogP contribution < -0.4 is 11.1 Å². The maximum Gasteiger partial charge on any atom is 0.125 e. The standard InChI is InChI=1S/C10H10ClN5/c1-15-5-6(3-12)10-7(4-13)8(11)2-9(14)16-10/h2-3,5,12,15H,1H3,(H2,14,16)/b6-5+,12-3?. The van der Waals surface area contributed by atoms with Crippen LogP contribution >= 0.6 is 11.6 Å². The van der Waals surface area contributed by atoms with Crippen molar-refractivity contribution in [3.8, 4) is 6.07 Å².